The smallest absolute Gasteiger partial charge is 0.0241 e. The normalized spacial score (nSPS) is 30.7. The minimum Gasteiger partial charge on any atom is -0.0842 e. The predicted molar refractivity (Wildman–Crippen MR) is 53.6 cm³/mol. The molecule has 61 valence electrons. The molecular weight excluding hydrogens is 144 g/mol. The number of hydrogen-bond acceptors (Lipinski definition) is 0. The van der Waals surface area contributed by atoms with Crippen molar-refractivity contribution in [1.82, 2.24) is 0 Å². The van der Waals surface area contributed by atoms with Gasteiger partial charge in [-0.25, -0.2) is 0 Å². The topological polar surface area (TPSA) is 0 Å². The highest BCUT2D eigenvalue weighted by molar-refractivity contribution is 5.17. The summed E-state index contributed by atoms with van der Waals surface area (Å²) in [7, 11) is 0. The van der Waals surface area contributed by atoms with Crippen molar-refractivity contribution >= 4 is 0 Å². The molecule has 12 heavy (non-hydrogen) atoms. The highest BCUT2D eigenvalue weighted by atomic mass is 13.8. The Bertz CT molecular complexity index is 211. The Balaban J connectivity index is 2.55. The van der Waals surface area contributed by atoms with Gasteiger partial charge in [-0.3, -0.25) is 0 Å². The van der Waals surface area contributed by atoms with E-state index in [9.17, 15) is 0 Å². The zero-order chi connectivity index (χ0) is 8.49. The molecule has 0 aromatic carbocycles. The molecule has 0 spiro atoms. The summed E-state index contributed by atoms with van der Waals surface area (Å²) in [4.78, 5) is 0. The molecule has 1 aliphatic carbocycles. The minimum absolute atomic E-state index is 0.998. The van der Waals surface area contributed by atoms with E-state index < -0.39 is 0 Å². The summed E-state index contributed by atoms with van der Waals surface area (Å²) in [5.74, 6) is 0. The summed E-state index contributed by atoms with van der Waals surface area (Å²) in [6.45, 7) is 0. The maximum atomic E-state index is 3.18. The summed E-state index contributed by atoms with van der Waals surface area (Å²) in [6, 6.07) is 0. The van der Waals surface area contributed by atoms with Gasteiger partial charge in [-0.2, -0.15) is 0 Å². The van der Waals surface area contributed by atoms with Gasteiger partial charge in [-0.05, 0) is 18.9 Å². The second-order valence-corrected chi connectivity index (χ2v) is 2.49. The Morgan fingerprint density at radius 2 is 1.42 bits per heavy atom. The van der Waals surface area contributed by atoms with Crippen molar-refractivity contribution in [2.24, 2.45) is 0 Å². The van der Waals surface area contributed by atoms with Crippen LogP contribution in [0, 0.1) is 6.08 Å². The van der Waals surface area contributed by atoms with Crippen molar-refractivity contribution in [2.75, 3.05) is 0 Å². The average Bonchev–Trinajstić information content (AvgIpc) is 2.05. The summed E-state index contributed by atoms with van der Waals surface area (Å²) < 4.78 is 0. The molecule has 0 nitrogen and oxygen atoms in total. The lowest BCUT2D eigenvalue weighted by atomic mass is 10.2. The molecule has 0 fully saturated rings. The molecule has 0 aromatic heterocycles. The van der Waals surface area contributed by atoms with Gasteiger partial charge in [0.05, 0.1) is 0 Å². The lowest BCUT2D eigenvalue weighted by molar-refractivity contribution is 1.03. The molecule has 1 radical (unpaired) electrons. The monoisotopic (exact) mass is 157 g/mol. The first-order valence-electron chi connectivity index (χ1n) is 4.22. The zero-order valence-electron chi connectivity index (χ0n) is 7.11. The molecule has 0 heteroatoms. The number of hydrogen-bond donors (Lipinski definition) is 0. The molecule has 0 bridgehead atoms. The Morgan fingerprint density at radius 3 is 2.25 bits per heavy atom. The fourth-order valence-corrected chi connectivity index (χ4v) is 0.869. The quantitative estimate of drug-likeness (QED) is 0.505. The third kappa shape index (κ3) is 4.51. The van der Waals surface area contributed by atoms with Crippen LogP contribution in [0.3, 0.4) is 0 Å². The van der Waals surface area contributed by atoms with Gasteiger partial charge >= 0.3 is 0 Å². The molecule has 0 saturated heterocycles. The van der Waals surface area contributed by atoms with E-state index in [1.807, 2.05) is 42.5 Å². The molecule has 0 unspecified atom stereocenters. The molecule has 1 rings (SSSR count). The van der Waals surface area contributed by atoms with Gasteiger partial charge in [-0.1, -0.05) is 54.7 Å². The van der Waals surface area contributed by atoms with E-state index >= 15 is 0 Å². The lowest BCUT2D eigenvalue weighted by Crippen LogP contribution is -1.65. The van der Waals surface area contributed by atoms with Gasteiger partial charge < -0.3 is 0 Å². The van der Waals surface area contributed by atoms with Crippen LogP contribution in [0.4, 0.5) is 0 Å². The molecule has 0 aromatic rings. The van der Waals surface area contributed by atoms with Crippen LogP contribution in [0.15, 0.2) is 54.7 Å². The third-order valence-corrected chi connectivity index (χ3v) is 1.47. The van der Waals surface area contributed by atoms with Gasteiger partial charge in [0.2, 0.25) is 0 Å². The van der Waals surface area contributed by atoms with Crippen LogP contribution in [0.5, 0.6) is 0 Å². The van der Waals surface area contributed by atoms with Crippen molar-refractivity contribution < 1.29 is 0 Å². The summed E-state index contributed by atoms with van der Waals surface area (Å²) in [6.07, 6.45) is 23.5. The van der Waals surface area contributed by atoms with E-state index in [4.69, 9.17) is 0 Å². The van der Waals surface area contributed by atoms with Crippen molar-refractivity contribution in [1.29, 1.82) is 0 Å². The van der Waals surface area contributed by atoms with Crippen LogP contribution in [-0.2, 0) is 0 Å². The maximum Gasteiger partial charge on any atom is -0.0241 e. The van der Waals surface area contributed by atoms with Crippen LogP contribution < -0.4 is 0 Å². The Morgan fingerprint density at radius 1 is 0.750 bits per heavy atom. The van der Waals surface area contributed by atoms with Gasteiger partial charge in [0, 0.05) is 0 Å². The predicted octanol–water partition coefficient (Wildman–Crippen LogP) is 3.36. The molecule has 1 aliphatic rings. The molecule has 0 heterocycles. The summed E-state index contributed by atoms with van der Waals surface area (Å²) in [5.41, 5.74) is 0. The Labute approximate surface area is 74.3 Å². The van der Waals surface area contributed by atoms with Crippen LogP contribution in [0.25, 0.3) is 0 Å². The molecule has 0 saturated carbocycles. The van der Waals surface area contributed by atoms with Crippen LogP contribution in [-0.4, -0.2) is 0 Å². The average molecular weight is 157 g/mol. The molecule has 0 N–H and O–H groups in total. The molecular formula is C12H13. The van der Waals surface area contributed by atoms with Crippen LogP contribution >= 0.6 is 0 Å². The van der Waals surface area contributed by atoms with E-state index in [2.05, 4.69) is 18.2 Å². The standard InChI is InChI=1S/C12H13/c1-2-4-6-8-10-12-11-9-7-5-3-1/h1-9H,10,12H2/b3-1-,4-2+,7-5+,8-6-,11-9?. The maximum absolute atomic E-state index is 3.18. The largest absolute Gasteiger partial charge is 0.0842 e. The van der Waals surface area contributed by atoms with Crippen LogP contribution in [0.2, 0.25) is 0 Å². The first-order valence-corrected chi connectivity index (χ1v) is 4.22. The van der Waals surface area contributed by atoms with Crippen LogP contribution in [0.1, 0.15) is 12.8 Å². The van der Waals surface area contributed by atoms with Gasteiger partial charge in [-0.15, -0.1) is 0 Å². The van der Waals surface area contributed by atoms with Gasteiger partial charge in [0.1, 0.15) is 0 Å². The summed E-state index contributed by atoms with van der Waals surface area (Å²) >= 11 is 0. The van der Waals surface area contributed by atoms with Gasteiger partial charge in [0.25, 0.3) is 0 Å². The van der Waals surface area contributed by atoms with E-state index in [0.29, 0.717) is 0 Å². The summed E-state index contributed by atoms with van der Waals surface area (Å²) in [5, 5.41) is 0. The number of allylic oxidation sites excluding steroid dienone is 10. The molecule has 0 aliphatic heterocycles. The Hall–Kier alpha value is -1.30. The van der Waals surface area contributed by atoms with Crippen molar-refractivity contribution in [3.05, 3.63) is 60.8 Å². The highest BCUT2D eigenvalue weighted by Crippen LogP contribution is 1.94. The molecule has 0 amide bonds. The highest BCUT2D eigenvalue weighted by Gasteiger charge is 1.75. The van der Waals surface area contributed by atoms with E-state index in [-0.39, 0.29) is 0 Å². The first kappa shape index (κ1) is 8.79. The first-order chi connectivity index (χ1) is 6.00. The van der Waals surface area contributed by atoms with Gasteiger partial charge in [0.15, 0.2) is 0 Å². The van der Waals surface area contributed by atoms with Crippen molar-refractivity contribution in [3.63, 3.8) is 0 Å². The SMILES string of the molecule is [C]1=C/C=C/C=C\C=C\C=C/CC\1. The second kappa shape index (κ2) is 6.41. The van der Waals surface area contributed by atoms with Crippen molar-refractivity contribution in [2.45, 2.75) is 12.8 Å². The fourth-order valence-electron chi connectivity index (χ4n) is 0.869. The Kier molecular flexibility index (Phi) is 4.70. The zero-order valence-corrected chi connectivity index (χ0v) is 7.11. The minimum atomic E-state index is 0.998. The molecule has 0 atom stereocenters. The second-order valence-electron chi connectivity index (χ2n) is 2.49. The van der Waals surface area contributed by atoms with Crippen molar-refractivity contribution in [3.8, 4) is 0 Å². The number of rotatable bonds is 0. The van der Waals surface area contributed by atoms with E-state index in [1.54, 1.807) is 0 Å². The van der Waals surface area contributed by atoms with E-state index in [1.165, 1.54) is 0 Å². The third-order valence-electron chi connectivity index (χ3n) is 1.47. The fraction of sp³-hybridized carbons (Fsp3) is 0.167. The van der Waals surface area contributed by atoms with E-state index in [0.717, 1.165) is 12.8 Å². The lowest BCUT2D eigenvalue weighted by Gasteiger charge is -1.84.